The Morgan fingerprint density at radius 1 is 1.29 bits per heavy atom. The molecule has 14 heavy (non-hydrogen) atoms. The van der Waals surface area contributed by atoms with Crippen LogP contribution >= 0.6 is 12.0 Å². The molecule has 1 aromatic rings. The van der Waals surface area contributed by atoms with Crippen molar-refractivity contribution in [3.63, 3.8) is 0 Å². The number of rotatable bonds is 4. The van der Waals surface area contributed by atoms with Crippen molar-refractivity contribution in [3.8, 4) is 0 Å². The third kappa shape index (κ3) is 6.83. The number of hydrogen-bond donors (Lipinski definition) is 1. The predicted molar refractivity (Wildman–Crippen MR) is 57.5 cm³/mol. The molecule has 0 aromatic heterocycles. The van der Waals surface area contributed by atoms with E-state index in [1.807, 2.05) is 30.3 Å². The average Bonchev–Trinajstić information content (AvgIpc) is 2.04. The minimum atomic E-state index is -4.33. The molecular formula is C7H9NaO4S2. The van der Waals surface area contributed by atoms with Gasteiger partial charge in [0.05, 0.1) is 0 Å². The molecule has 4 nitrogen and oxygen atoms in total. The molecule has 0 radical (unpaired) electrons. The van der Waals surface area contributed by atoms with Gasteiger partial charge in [0, 0.05) is 17.8 Å². The van der Waals surface area contributed by atoms with Gasteiger partial charge in [0.1, 0.15) is 0 Å². The second-order valence-electron chi connectivity index (χ2n) is 2.24. The Labute approximate surface area is 109 Å². The number of hydrogen-bond acceptors (Lipinski definition) is 4. The first kappa shape index (κ1) is 14.4. The fraction of sp³-hybridized carbons (Fsp3) is 0.143. The third-order valence-electron chi connectivity index (χ3n) is 1.20. The van der Waals surface area contributed by atoms with Crippen molar-refractivity contribution in [1.82, 2.24) is 0 Å². The van der Waals surface area contributed by atoms with Gasteiger partial charge in [0.2, 0.25) is 0 Å². The molecule has 0 unspecified atom stereocenters. The molecule has 0 fully saturated rings. The fourth-order valence-electron chi connectivity index (χ4n) is 0.727. The second kappa shape index (κ2) is 6.84. The van der Waals surface area contributed by atoms with Crippen LogP contribution in [0, 0.1) is 0 Å². The van der Waals surface area contributed by atoms with Crippen LogP contribution in [0.2, 0.25) is 0 Å². The van der Waals surface area contributed by atoms with Gasteiger partial charge in [-0.1, -0.05) is 30.3 Å². The molecule has 0 amide bonds. The molecule has 0 saturated heterocycles. The van der Waals surface area contributed by atoms with Crippen molar-refractivity contribution in [2.45, 2.75) is 5.75 Å². The molecule has 0 heterocycles. The minimum absolute atomic E-state index is 0. The second-order valence-corrected chi connectivity index (χ2v) is 4.17. The molecule has 1 aromatic carbocycles. The molecule has 1 rings (SSSR count). The quantitative estimate of drug-likeness (QED) is 0.486. The van der Waals surface area contributed by atoms with E-state index >= 15 is 0 Å². The Balaban J connectivity index is 0.00000169. The Kier molecular flexibility index (Phi) is 7.05. The molecule has 1 N–H and O–H groups in total. The standard InChI is InChI=1S/C7H8O4S2.Na.H/c8-13(9,10)11-12-6-7-4-2-1-3-5-7;;/h1-5H,6H2,(H,8,9,10);;. The summed E-state index contributed by atoms with van der Waals surface area (Å²) in [5.41, 5.74) is 0.927. The Bertz CT molecular complexity index is 351. The van der Waals surface area contributed by atoms with Crippen LogP contribution in [-0.4, -0.2) is 42.5 Å². The Morgan fingerprint density at radius 2 is 1.86 bits per heavy atom. The molecule has 7 heteroatoms. The zero-order valence-corrected chi connectivity index (χ0v) is 8.22. The van der Waals surface area contributed by atoms with E-state index in [1.54, 1.807) is 0 Å². The van der Waals surface area contributed by atoms with Gasteiger partial charge in [-0.3, -0.25) is 4.55 Å². The summed E-state index contributed by atoms with van der Waals surface area (Å²) in [7, 11) is -4.33. The van der Waals surface area contributed by atoms with Crippen LogP contribution in [0.15, 0.2) is 30.3 Å². The Morgan fingerprint density at radius 3 is 2.36 bits per heavy atom. The molecule has 0 aliphatic heterocycles. The van der Waals surface area contributed by atoms with Gasteiger partial charge in [-0.2, -0.15) is 12.0 Å². The van der Waals surface area contributed by atoms with Crippen LogP contribution in [0.3, 0.4) is 0 Å². The first-order valence-corrected chi connectivity index (χ1v) is 5.68. The molecule has 74 valence electrons. The Hall–Kier alpha value is 0.440. The number of benzene rings is 1. The maximum absolute atomic E-state index is 10.1. The average molecular weight is 244 g/mol. The molecule has 0 aliphatic rings. The van der Waals surface area contributed by atoms with E-state index in [1.165, 1.54) is 0 Å². The van der Waals surface area contributed by atoms with Crippen LogP contribution < -0.4 is 0 Å². The summed E-state index contributed by atoms with van der Waals surface area (Å²) in [5.74, 6) is 0.376. The normalized spacial score (nSPS) is 10.6. The zero-order chi connectivity index (χ0) is 9.73. The summed E-state index contributed by atoms with van der Waals surface area (Å²) < 4.78 is 32.6. The molecule has 0 bridgehead atoms. The monoisotopic (exact) mass is 244 g/mol. The van der Waals surface area contributed by atoms with Crippen LogP contribution in [-0.2, 0) is 19.8 Å². The van der Waals surface area contributed by atoms with Crippen molar-refractivity contribution < 1.29 is 16.6 Å². The predicted octanol–water partition coefficient (Wildman–Crippen LogP) is 1.01. The summed E-state index contributed by atoms with van der Waals surface area (Å²) in [5, 5.41) is 0. The SMILES string of the molecule is O=S(=O)(O)OSCc1ccccc1.[NaH]. The van der Waals surface area contributed by atoms with E-state index in [4.69, 9.17) is 4.55 Å². The van der Waals surface area contributed by atoms with E-state index in [0.717, 1.165) is 5.56 Å². The van der Waals surface area contributed by atoms with Crippen molar-refractivity contribution in [2.75, 3.05) is 0 Å². The third-order valence-corrected chi connectivity index (χ3v) is 2.73. The van der Waals surface area contributed by atoms with Crippen molar-refractivity contribution >= 4 is 52.0 Å². The van der Waals surface area contributed by atoms with Gasteiger partial charge >= 0.3 is 40.0 Å². The summed E-state index contributed by atoms with van der Waals surface area (Å²) in [6, 6.07) is 9.20. The van der Waals surface area contributed by atoms with E-state index in [0.29, 0.717) is 17.8 Å². The van der Waals surface area contributed by atoms with Crippen molar-refractivity contribution in [2.24, 2.45) is 0 Å². The fourth-order valence-corrected chi connectivity index (χ4v) is 1.73. The summed E-state index contributed by atoms with van der Waals surface area (Å²) >= 11 is 0.675. The van der Waals surface area contributed by atoms with Gasteiger partial charge < -0.3 is 0 Å². The first-order valence-electron chi connectivity index (χ1n) is 3.40. The van der Waals surface area contributed by atoms with Gasteiger partial charge in [-0.15, -0.1) is 0 Å². The maximum atomic E-state index is 10.1. The van der Waals surface area contributed by atoms with Gasteiger partial charge in [-0.25, -0.2) is 0 Å². The van der Waals surface area contributed by atoms with Crippen LogP contribution in [0.4, 0.5) is 0 Å². The van der Waals surface area contributed by atoms with Crippen LogP contribution in [0.5, 0.6) is 0 Å². The molecule has 0 spiro atoms. The molecule has 0 atom stereocenters. The molecule has 0 aliphatic carbocycles. The zero-order valence-electron chi connectivity index (χ0n) is 6.58. The topological polar surface area (TPSA) is 63.6 Å². The van der Waals surface area contributed by atoms with Gasteiger partial charge in [0.25, 0.3) is 0 Å². The van der Waals surface area contributed by atoms with Gasteiger partial charge in [-0.05, 0) is 5.56 Å². The summed E-state index contributed by atoms with van der Waals surface area (Å²) in [6.45, 7) is 0. The van der Waals surface area contributed by atoms with E-state index in [9.17, 15) is 8.42 Å². The van der Waals surface area contributed by atoms with E-state index < -0.39 is 10.4 Å². The van der Waals surface area contributed by atoms with Crippen molar-refractivity contribution in [1.29, 1.82) is 0 Å². The van der Waals surface area contributed by atoms with Crippen LogP contribution in [0.1, 0.15) is 5.56 Å². The van der Waals surface area contributed by atoms with Crippen LogP contribution in [0.25, 0.3) is 0 Å². The first-order chi connectivity index (χ1) is 6.08. The van der Waals surface area contributed by atoms with Gasteiger partial charge in [0.15, 0.2) is 0 Å². The summed E-state index contributed by atoms with van der Waals surface area (Å²) in [4.78, 5) is 0. The van der Waals surface area contributed by atoms with E-state index in [2.05, 4.69) is 3.63 Å². The van der Waals surface area contributed by atoms with E-state index in [-0.39, 0.29) is 29.6 Å². The summed E-state index contributed by atoms with van der Waals surface area (Å²) in [6.07, 6.45) is 0. The molecule has 0 saturated carbocycles. The molecular weight excluding hydrogens is 235 g/mol. The van der Waals surface area contributed by atoms with Crippen molar-refractivity contribution in [3.05, 3.63) is 35.9 Å².